The maximum Gasteiger partial charge on any atom is 0.0705 e. The van der Waals surface area contributed by atoms with Crippen LogP contribution in [0.5, 0.6) is 0 Å². The molecule has 140 valence electrons. The predicted octanol–water partition coefficient (Wildman–Crippen LogP) is 3.35. The number of aliphatic hydroxyl groups excluding tert-OH is 1. The van der Waals surface area contributed by atoms with Crippen LogP contribution in [0.1, 0.15) is 35.6 Å². The Morgan fingerprint density at radius 3 is 2.85 bits per heavy atom. The third kappa shape index (κ3) is 4.26. The summed E-state index contributed by atoms with van der Waals surface area (Å²) in [6.07, 6.45) is 6.42. The summed E-state index contributed by atoms with van der Waals surface area (Å²) >= 11 is 0. The summed E-state index contributed by atoms with van der Waals surface area (Å²) in [5.74, 6) is 0.455. The predicted molar refractivity (Wildman–Crippen MR) is 106 cm³/mol. The van der Waals surface area contributed by atoms with Gasteiger partial charge in [0.1, 0.15) is 0 Å². The fourth-order valence-corrected chi connectivity index (χ4v) is 3.92. The van der Waals surface area contributed by atoms with Gasteiger partial charge in [0.05, 0.1) is 18.5 Å². The average molecular weight is 362 g/mol. The number of aryl methyl sites for hydroxylation is 1. The molecule has 3 aromatic rings. The molecule has 0 aliphatic carbocycles. The normalized spacial score (nSPS) is 17.9. The lowest BCUT2D eigenvalue weighted by molar-refractivity contribution is 0.198. The van der Waals surface area contributed by atoms with E-state index in [1.165, 1.54) is 18.4 Å². The van der Waals surface area contributed by atoms with Crippen LogP contribution in [-0.4, -0.2) is 37.9 Å². The Morgan fingerprint density at radius 1 is 1.15 bits per heavy atom. The molecule has 4 rings (SSSR count). The second kappa shape index (κ2) is 8.03. The number of likely N-dealkylation sites (tertiary alicyclic amines) is 1. The summed E-state index contributed by atoms with van der Waals surface area (Å²) in [5.41, 5.74) is 5.39. The molecule has 5 nitrogen and oxygen atoms in total. The van der Waals surface area contributed by atoms with Crippen LogP contribution in [0, 0.1) is 0 Å². The van der Waals surface area contributed by atoms with Crippen molar-refractivity contribution in [3.05, 3.63) is 71.7 Å². The first-order valence-corrected chi connectivity index (χ1v) is 9.58. The third-order valence-corrected chi connectivity index (χ3v) is 5.26. The van der Waals surface area contributed by atoms with Gasteiger partial charge in [-0.25, -0.2) is 0 Å². The van der Waals surface area contributed by atoms with Crippen molar-refractivity contribution in [1.82, 2.24) is 19.7 Å². The van der Waals surface area contributed by atoms with Crippen LogP contribution < -0.4 is 0 Å². The highest BCUT2D eigenvalue weighted by atomic mass is 16.3. The lowest BCUT2D eigenvalue weighted by atomic mass is 9.93. The largest absolute Gasteiger partial charge is 0.392 e. The summed E-state index contributed by atoms with van der Waals surface area (Å²) in [6.45, 7) is 3.16. The van der Waals surface area contributed by atoms with Crippen molar-refractivity contribution < 1.29 is 5.11 Å². The number of rotatable bonds is 5. The van der Waals surface area contributed by atoms with Crippen LogP contribution in [0.3, 0.4) is 0 Å². The van der Waals surface area contributed by atoms with E-state index in [2.05, 4.69) is 40.5 Å². The van der Waals surface area contributed by atoms with E-state index < -0.39 is 0 Å². The Labute approximate surface area is 160 Å². The molecule has 2 aromatic heterocycles. The molecule has 3 heterocycles. The van der Waals surface area contributed by atoms with Crippen molar-refractivity contribution in [2.45, 2.75) is 31.9 Å². The zero-order valence-electron chi connectivity index (χ0n) is 15.8. The topological polar surface area (TPSA) is 54.2 Å². The SMILES string of the molecule is Cn1cc(CN2CCCC(c3cccc(-c4cccc(CO)c4)n3)C2)cn1. The minimum absolute atomic E-state index is 0.0550. The van der Waals surface area contributed by atoms with Crippen LogP contribution in [0.2, 0.25) is 0 Å². The smallest absolute Gasteiger partial charge is 0.0705 e. The molecular formula is C22H26N4O. The highest BCUT2D eigenvalue weighted by Gasteiger charge is 2.23. The van der Waals surface area contributed by atoms with Gasteiger partial charge in [-0.3, -0.25) is 14.6 Å². The van der Waals surface area contributed by atoms with Crippen LogP contribution in [0.15, 0.2) is 54.9 Å². The minimum atomic E-state index is 0.0550. The van der Waals surface area contributed by atoms with E-state index >= 15 is 0 Å². The van der Waals surface area contributed by atoms with E-state index in [-0.39, 0.29) is 6.61 Å². The standard InChI is InChI=1S/C22H26N4O/c1-25-13-18(12-23-25)14-26-10-4-7-20(15-26)22-9-3-8-21(24-22)19-6-2-5-17(11-19)16-27/h2-3,5-6,8-9,11-13,20,27H,4,7,10,14-16H2,1H3. The first kappa shape index (κ1) is 17.9. The average Bonchev–Trinajstić information content (AvgIpc) is 3.13. The van der Waals surface area contributed by atoms with Crippen molar-refractivity contribution >= 4 is 0 Å². The van der Waals surface area contributed by atoms with Gasteiger partial charge >= 0.3 is 0 Å². The van der Waals surface area contributed by atoms with E-state index in [0.29, 0.717) is 5.92 Å². The molecule has 1 aliphatic heterocycles. The monoisotopic (exact) mass is 362 g/mol. The Kier molecular flexibility index (Phi) is 5.32. The molecule has 1 fully saturated rings. The van der Waals surface area contributed by atoms with Crippen LogP contribution in [0.4, 0.5) is 0 Å². The third-order valence-electron chi connectivity index (χ3n) is 5.26. The zero-order valence-corrected chi connectivity index (χ0v) is 15.8. The number of nitrogens with zero attached hydrogens (tertiary/aromatic N) is 4. The van der Waals surface area contributed by atoms with E-state index in [1.807, 2.05) is 36.1 Å². The molecule has 1 aliphatic rings. The van der Waals surface area contributed by atoms with Gasteiger partial charge in [-0.05, 0) is 43.1 Å². The van der Waals surface area contributed by atoms with E-state index in [0.717, 1.165) is 42.1 Å². The molecule has 1 aromatic carbocycles. The lowest BCUT2D eigenvalue weighted by Gasteiger charge is -2.32. The first-order chi connectivity index (χ1) is 13.2. The van der Waals surface area contributed by atoms with Crippen LogP contribution >= 0.6 is 0 Å². The quantitative estimate of drug-likeness (QED) is 0.756. The Bertz CT molecular complexity index is 905. The molecule has 0 bridgehead atoms. The van der Waals surface area contributed by atoms with Crippen LogP contribution in [0.25, 0.3) is 11.3 Å². The van der Waals surface area contributed by atoms with Gasteiger partial charge in [0.15, 0.2) is 0 Å². The second-order valence-corrected chi connectivity index (χ2v) is 7.40. The summed E-state index contributed by atoms with van der Waals surface area (Å²) in [7, 11) is 1.96. The summed E-state index contributed by atoms with van der Waals surface area (Å²) in [6, 6.07) is 14.3. The van der Waals surface area contributed by atoms with E-state index in [1.54, 1.807) is 0 Å². The lowest BCUT2D eigenvalue weighted by Crippen LogP contribution is -2.34. The number of aromatic nitrogens is 3. The molecule has 0 amide bonds. The van der Waals surface area contributed by atoms with Gasteiger partial charge in [0.2, 0.25) is 0 Å². The van der Waals surface area contributed by atoms with Gasteiger partial charge in [-0.15, -0.1) is 0 Å². The van der Waals surface area contributed by atoms with E-state index in [9.17, 15) is 5.11 Å². The molecule has 27 heavy (non-hydrogen) atoms. The van der Waals surface area contributed by atoms with Gasteiger partial charge in [-0.2, -0.15) is 5.10 Å². The highest BCUT2D eigenvalue weighted by Crippen LogP contribution is 2.28. The van der Waals surface area contributed by atoms with Crippen LogP contribution in [-0.2, 0) is 20.2 Å². The minimum Gasteiger partial charge on any atom is -0.392 e. The maximum atomic E-state index is 9.39. The van der Waals surface area contributed by atoms with Crippen molar-refractivity contribution in [3.8, 4) is 11.3 Å². The molecule has 5 heteroatoms. The maximum absolute atomic E-state index is 9.39. The number of benzene rings is 1. The van der Waals surface area contributed by atoms with Gasteiger partial charge in [-0.1, -0.05) is 24.3 Å². The Balaban J connectivity index is 1.50. The molecule has 0 radical (unpaired) electrons. The number of pyridine rings is 1. The highest BCUT2D eigenvalue weighted by molar-refractivity contribution is 5.60. The van der Waals surface area contributed by atoms with Gasteiger partial charge in [0.25, 0.3) is 0 Å². The number of hydrogen-bond acceptors (Lipinski definition) is 4. The Morgan fingerprint density at radius 2 is 2.04 bits per heavy atom. The van der Waals surface area contributed by atoms with Crippen molar-refractivity contribution in [2.75, 3.05) is 13.1 Å². The van der Waals surface area contributed by atoms with Crippen molar-refractivity contribution in [3.63, 3.8) is 0 Å². The Hall–Kier alpha value is -2.50. The van der Waals surface area contributed by atoms with Crippen molar-refractivity contribution in [1.29, 1.82) is 0 Å². The summed E-state index contributed by atoms with van der Waals surface area (Å²) in [5, 5.41) is 13.7. The molecule has 1 unspecified atom stereocenters. The molecule has 0 spiro atoms. The number of hydrogen-bond donors (Lipinski definition) is 1. The van der Waals surface area contributed by atoms with Gasteiger partial charge < -0.3 is 5.11 Å². The fraction of sp³-hybridized carbons (Fsp3) is 0.364. The molecule has 1 N–H and O–H groups in total. The molecule has 1 saturated heterocycles. The number of piperidine rings is 1. The molecule has 0 saturated carbocycles. The number of aliphatic hydroxyl groups is 1. The summed E-state index contributed by atoms with van der Waals surface area (Å²) in [4.78, 5) is 7.47. The van der Waals surface area contributed by atoms with Gasteiger partial charge in [0, 0.05) is 49.1 Å². The molecule has 1 atom stereocenters. The van der Waals surface area contributed by atoms with Crippen molar-refractivity contribution in [2.24, 2.45) is 7.05 Å². The molecular weight excluding hydrogens is 336 g/mol. The van der Waals surface area contributed by atoms with E-state index in [4.69, 9.17) is 4.98 Å². The first-order valence-electron chi connectivity index (χ1n) is 9.58. The fourth-order valence-electron chi connectivity index (χ4n) is 3.92. The zero-order chi connectivity index (χ0) is 18.6. The second-order valence-electron chi connectivity index (χ2n) is 7.40. The summed E-state index contributed by atoms with van der Waals surface area (Å²) < 4.78 is 1.86.